The summed E-state index contributed by atoms with van der Waals surface area (Å²) in [5.41, 5.74) is 1.33. The molecule has 2 aliphatic rings. The van der Waals surface area contributed by atoms with Gasteiger partial charge < -0.3 is 14.6 Å². The van der Waals surface area contributed by atoms with Crippen LogP contribution in [0.3, 0.4) is 0 Å². The van der Waals surface area contributed by atoms with Crippen LogP contribution in [-0.2, 0) is 14.6 Å². The van der Waals surface area contributed by atoms with E-state index in [0.717, 1.165) is 36.6 Å². The summed E-state index contributed by atoms with van der Waals surface area (Å²) in [6.45, 7) is 4.92. The van der Waals surface area contributed by atoms with Crippen LogP contribution in [0.25, 0.3) is 10.9 Å². The molecule has 0 radical (unpaired) electrons. The number of nitrogens with one attached hydrogen (secondary N) is 2. The lowest BCUT2D eigenvalue weighted by Crippen LogP contribution is -2.53. The molecule has 2 aliphatic heterocycles. The van der Waals surface area contributed by atoms with Gasteiger partial charge in [0.1, 0.15) is 10.9 Å². The second kappa shape index (κ2) is 12.6. The number of piperidine rings is 1. The van der Waals surface area contributed by atoms with Crippen LogP contribution in [0.5, 0.6) is 0 Å². The van der Waals surface area contributed by atoms with Gasteiger partial charge in [-0.3, -0.25) is 24.8 Å². The van der Waals surface area contributed by atoms with Gasteiger partial charge in [-0.2, -0.15) is 0 Å². The van der Waals surface area contributed by atoms with E-state index in [0.29, 0.717) is 18.7 Å². The molecule has 0 spiro atoms. The summed E-state index contributed by atoms with van der Waals surface area (Å²) in [4.78, 5) is 33.3. The molecule has 5 atom stereocenters. The number of carbonyl (C=O) groups is 1. The molecule has 2 bridgehead atoms. The number of carbonyl (C=O) groups excluding carboxylic acids is 1. The van der Waals surface area contributed by atoms with Gasteiger partial charge in [0, 0.05) is 68.6 Å². The molecule has 3 aromatic rings. The summed E-state index contributed by atoms with van der Waals surface area (Å²) in [5.74, 6) is -0.320. The summed E-state index contributed by atoms with van der Waals surface area (Å²) in [5, 5.41) is 6.36. The zero-order chi connectivity index (χ0) is 30.0. The fourth-order valence-electron chi connectivity index (χ4n) is 6.66. The molecule has 226 valence electrons. The van der Waals surface area contributed by atoms with Gasteiger partial charge in [0.2, 0.25) is 0 Å². The maximum Gasteiger partial charge on any atom is 0.264 e. The fourth-order valence-corrected chi connectivity index (χ4v) is 7.69. The second-order valence-corrected chi connectivity index (χ2v) is 14.0. The van der Waals surface area contributed by atoms with Crippen molar-refractivity contribution < 1.29 is 17.9 Å². The molecule has 42 heavy (non-hydrogen) atoms. The normalized spacial score (nSPS) is 22.4. The first kappa shape index (κ1) is 30.3. The lowest BCUT2D eigenvalue weighted by Gasteiger charge is -2.40. The standard InChI is InChI=1S/C31H41N5O5S/c1-20(2)36-28-10-6-5-8-21(28)14-27(31(36)38)29(37)34-23-15-24-11-12-25(16-23)35(24)19-26(41-3)18-33-30(42(4,39)40)22-9-7-13-32-17-22/h5-10,13-14,17,20,23-26,30,33H,11-12,15-16,18-19H2,1-4H3,(H,34,37)/t23?,24-,25+,26?,30?. The maximum absolute atomic E-state index is 13.4. The summed E-state index contributed by atoms with van der Waals surface area (Å²) < 4.78 is 32.5. The Morgan fingerprint density at radius 1 is 1.12 bits per heavy atom. The Morgan fingerprint density at radius 3 is 2.45 bits per heavy atom. The van der Waals surface area contributed by atoms with Crippen LogP contribution in [0.1, 0.15) is 66.9 Å². The van der Waals surface area contributed by atoms with E-state index in [1.807, 2.05) is 38.1 Å². The van der Waals surface area contributed by atoms with Crippen LogP contribution >= 0.6 is 0 Å². The Labute approximate surface area is 247 Å². The van der Waals surface area contributed by atoms with Crippen molar-refractivity contribution in [1.29, 1.82) is 0 Å². The number of para-hydroxylation sites is 1. The zero-order valence-corrected chi connectivity index (χ0v) is 25.5. The minimum absolute atomic E-state index is 0.0241. The highest BCUT2D eigenvalue weighted by Gasteiger charge is 2.42. The Balaban J connectivity index is 1.23. The molecule has 2 aromatic heterocycles. The average molecular weight is 596 g/mol. The Hall–Kier alpha value is -3.12. The van der Waals surface area contributed by atoms with Crippen molar-refractivity contribution in [2.45, 2.75) is 75.2 Å². The number of benzene rings is 1. The van der Waals surface area contributed by atoms with E-state index in [9.17, 15) is 18.0 Å². The maximum atomic E-state index is 13.4. The lowest BCUT2D eigenvalue weighted by molar-refractivity contribution is 0.0259. The van der Waals surface area contributed by atoms with Gasteiger partial charge >= 0.3 is 0 Å². The number of hydrogen-bond donors (Lipinski definition) is 2. The van der Waals surface area contributed by atoms with E-state index in [2.05, 4.69) is 20.5 Å². The molecule has 0 saturated carbocycles. The summed E-state index contributed by atoms with van der Waals surface area (Å²) in [6, 6.07) is 13.3. The van der Waals surface area contributed by atoms with Crippen LogP contribution < -0.4 is 16.2 Å². The molecule has 1 aromatic carbocycles. The quantitative estimate of drug-likeness (QED) is 0.347. The van der Waals surface area contributed by atoms with Crippen LogP contribution in [0, 0.1) is 0 Å². The molecule has 2 saturated heterocycles. The van der Waals surface area contributed by atoms with Gasteiger partial charge in [-0.25, -0.2) is 8.42 Å². The third kappa shape index (κ3) is 6.44. The first-order valence-electron chi connectivity index (χ1n) is 14.6. The molecule has 2 N–H and O–H groups in total. The number of rotatable bonds is 11. The van der Waals surface area contributed by atoms with E-state index >= 15 is 0 Å². The van der Waals surface area contributed by atoms with Crippen LogP contribution in [0.15, 0.2) is 59.7 Å². The minimum atomic E-state index is -3.41. The Bertz CT molecular complexity index is 1560. The van der Waals surface area contributed by atoms with E-state index < -0.39 is 15.2 Å². The fraction of sp³-hybridized carbons (Fsp3) is 0.516. The van der Waals surface area contributed by atoms with Crippen LogP contribution in [0.2, 0.25) is 0 Å². The summed E-state index contributed by atoms with van der Waals surface area (Å²) in [7, 11) is -1.77. The molecule has 11 heteroatoms. The number of pyridine rings is 2. The monoisotopic (exact) mass is 595 g/mol. The Morgan fingerprint density at radius 2 is 1.83 bits per heavy atom. The molecule has 2 fully saturated rings. The van der Waals surface area contributed by atoms with E-state index in [1.165, 1.54) is 6.26 Å². The van der Waals surface area contributed by atoms with Crippen molar-refractivity contribution in [2.24, 2.45) is 0 Å². The molecule has 1 amide bonds. The number of ether oxygens (including phenoxy) is 1. The van der Waals surface area contributed by atoms with Crippen LogP contribution in [0.4, 0.5) is 0 Å². The van der Waals surface area contributed by atoms with Gasteiger partial charge in [0.05, 0.1) is 11.6 Å². The molecule has 0 aliphatic carbocycles. The minimum Gasteiger partial charge on any atom is -0.379 e. The molecule has 5 rings (SSSR count). The number of aromatic nitrogens is 2. The third-order valence-corrected chi connectivity index (χ3v) is 9.92. The van der Waals surface area contributed by atoms with Gasteiger partial charge in [0.25, 0.3) is 11.5 Å². The summed E-state index contributed by atoms with van der Waals surface area (Å²) in [6.07, 6.45) is 7.82. The highest BCUT2D eigenvalue weighted by Crippen LogP contribution is 2.36. The van der Waals surface area contributed by atoms with Gasteiger partial charge in [-0.1, -0.05) is 24.3 Å². The van der Waals surface area contributed by atoms with Crippen molar-refractivity contribution in [3.8, 4) is 0 Å². The number of amides is 1. The van der Waals surface area contributed by atoms with Crippen molar-refractivity contribution >= 4 is 26.6 Å². The van der Waals surface area contributed by atoms with Crippen molar-refractivity contribution in [3.05, 3.63) is 76.3 Å². The molecule has 3 unspecified atom stereocenters. The SMILES string of the molecule is COC(CNC(c1cccnc1)S(C)(=O)=O)CN1[C@@H]2CC[C@H]1CC(NC(=O)c1cc3ccccc3n(C(C)C)c1=O)C2. The number of hydrogen-bond acceptors (Lipinski definition) is 8. The lowest BCUT2D eigenvalue weighted by atomic mass is 9.96. The predicted octanol–water partition coefficient (Wildman–Crippen LogP) is 3.05. The van der Waals surface area contributed by atoms with E-state index in [-0.39, 0.29) is 47.3 Å². The largest absolute Gasteiger partial charge is 0.379 e. The second-order valence-electron chi connectivity index (χ2n) is 11.9. The number of sulfone groups is 1. The average Bonchev–Trinajstić information content (AvgIpc) is 3.18. The molecule has 4 heterocycles. The molecule has 10 nitrogen and oxygen atoms in total. The number of fused-ring (bicyclic) bond motifs is 3. The summed E-state index contributed by atoms with van der Waals surface area (Å²) >= 11 is 0. The highest BCUT2D eigenvalue weighted by molar-refractivity contribution is 7.90. The first-order chi connectivity index (χ1) is 20.1. The van der Waals surface area contributed by atoms with E-state index in [4.69, 9.17) is 4.74 Å². The van der Waals surface area contributed by atoms with Gasteiger partial charge in [-0.05, 0) is 63.1 Å². The van der Waals surface area contributed by atoms with Crippen molar-refractivity contribution in [1.82, 2.24) is 25.1 Å². The number of nitrogens with zero attached hydrogens (tertiary/aromatic N) is 3. The zero-order valence-electron chi connectivity index (χ0n) is 24.7. The topological polar surface area (TPSA) is 123 Å². The van der Waals surface area contributed by atoms with Crippen molar-refractivity contribution in [2.75, 3.05) is 26.5 Å². The Kier molecular flexibility index (Phi) is 9.12. The third-order valence-electron chi connectivity index (χ3n) is 8.62. The van der Waals surface area contributed by atoms with Gasteiger partial charge in [0.15, 0.2) is 9.84 Å². The molecular weight excluding hydrogens is 554 g/mol. The first-order valence-corrected chi connectivity index (χ1v) is 16.6. The van der Waals surface area contributed by atoms with Crippen LogP contribution in [-0.4, -0.2) is 79.5 Å². The molecular formula is C31H41N5O5S. The van der Waals surface area contributed by atoms with E-state index in [1.54, 1.807) is 42.3 Å². The van der Waals surface area contributed by atoms with Crippen molar-refractivity contribution in [3.63, 3.8) is 0 Å². The predicted molar refractivity (Wildman–Crippen MR) is 163 cm³/mol. The smallest absolute Gasteiger partial charge is 0.264 e. The number of methoxy groups -OCH3 is 1. The van der Waals surface area contributed by atoms with Gasteiger partial charge in [-0.15, -0.1) is 0 Å². The highest BCUT2D eigenvalue weighted by atomic mass is 32.2.